The Bertz CT molecular complexity index is 608. The molecule has 0 atom stereocenters. The lowest BCUT2D eigenvalue weighted by Crippen LogP contribution is -2.03. The quantitative estimate of drug-likeness (QED) is 0.670. The van der Waals surface area contributed by atoms with Gasteiger partial charge in [0.2, 0.25) is 0 Å². The van der Waals surface area contributed by atoms with Crippen molar-refractivity contribution < 1.29 is 9.53 Å². The Morgan fingerprint density at radius 1 is 1.15 bits per heavy atom. The summed E-state index contributed by atoms with van der Waals surface area (Å²) in [5.74, 6) is 0.675. The zero-order valence-electron chi connectivity index (χ0n) is 11.2. The van der Waals surface area contributed by atoms with E-state index in [1.54, 1.807) is 42.5 Å². The first kappa shape index (κ1) is 14.4. The molecule has 2 N–H and O–H groups in total. The van der Waals surface area contributed by atoms with E-state index in [1.165, 1.54) is 0 Å². The van der Waals surface area contributed by atoms with E-state index in [4.69, 9.17) is 22.1 Å². The van der Waals surface area contributed by atoms with Crippen LogP contribution in [0.15, 0.2) is 42.5 Å². The largest absolute Gasteiger partial charge is 0.494 e. The Kier molecular flexibility index (Phi) is 4.64. The number of rotatable bonds is 5. The van der Waals surface area contributed by atoms with E-state index in [9.17, 15) is 4.79 Å². The van der Waals surface area contributed by atoms with Crippen LogP contribution in [0.2, 0.25) is 5.02 Å². The second-order valence-corrected chi connectivity index (χ2v) is 4.85. The summed E-state index contributed by atoms with van der Waals surface area (Å²) in [6, 6.07) is 12.0. The first-order valence-corrected chi connectivity index (χ1v) is 6.82. The second-order valence-electron chi connectivity index (χ2n) is 4.44. The van der Waals surface area contributed by atoms with Gasteiger partial charge in [0.25, 0.3) is 0 Å². The van der Waals surface area contributed by atoms with Gasteiger partial charge in [0.15, 0.2) is 5.78 Å². The monoisotopic (exact) mass is 289 g/mol. The van der Waals surface area contributed by atoms with Gasteiger partial charge in [-0.25, -0.2) is 0 Å². The van der Waals surface area contributed by atoms with Crippen molar-refractivity contribution in [3.05, 3.63) is 58.6 Å². The summed E-state index contributed by atoms with van der Waals surface area (Å²) in [7, 11) is 0. The van der Waals surface area contributed by atoms with Gasteiger partial charge in [-0.05, 0) is 48.9 Å². The number of ether oxygens (including phenoxy) is 1. The van der Waals surface area contributed by atoms with Gasteiger partial charge in [-0.15, -0.1) is 0 Å². The average molecular weight is 290 g/mol. The van der Waals surface area contributed by atoms with Crippen molar-refractivity contribution in [1.82, 2.24) is 0 Å². The molecule has 0 amide bonds. The van der Waals surface area contributed by atoms with E-state index in [0.717, 1.165) is 12.2 Å². The first-order valence-electron chi connectivity index (χ1n) is 6.44. The van der Waals surface area contributed by atoms with Crippen LogP contribution < -0.4 is 10.5 Å². The van der Waals surface area contributed by atoms with Gasteiger partial charge in [0, 0.05) is 11.1 Å². The van der Waals surface area contributed by atoms with E-state index < -0.39 is 0 Å². The minimum absolute atomic E-state index is 0.0876. The molecular formula is C16H16ClNO2. The highest BCUT2D eigenvalue weighted by atomic mass is 35.5. The summed E-state index contributed by atoms with van der Waals surface area (Å²) in [6.07, 6.45) is 0.949. The molecule has 0 spiro atoms. The standard InChI is InChI=1S/C16H16ClNO2/c1-2-9-20-13-6-3-11(4-7-13)16(19)12-5-8-14(17)15(18)10-12/h3-8,10H,2,9,18H2,1H3. The van der Waals surface area contributed by atoms with Crippen LogP contribution in [-0.4, -0.2) is 12.4 Å². The highest BCUT2D eigenvalue weighted by Gasteiger charge is 2.10. The lowest BCUT2D eigenvalue weighted by atomic mass is 10.0. The molecule has 0 aromatic heterocycles. The third-order valence-electron chi connectivity index (χ3n) is 2.85. The van der Waals surface area contributed by atoms with Crippen LogP contribution >= 0.6 is 11.6 Å². The molecule has 0 aliphatic heterocycles. The first-order chi connectivity index (χ1) is 9.61. The Labute approximate surface area is 123 Å². The molecule has 3 nitrogen and oxygen atoms in total. The SMILES string of the molecule is CCCOc1ccc(C(=O)c2ccc(Cl)c(N)c2)cc1. The van der Waals surface area contributed by atoms with Crippen molar-refractivity contribution in [1.29, 1.82) is 0 Å². The smallest absolute Gasteiger partial charge is 0.193 e. The maximum atomic E-state index is 12.3. The number of carbonyl (C=O) groups excluding carboxylic acids is 1. The Balaban J connectivity index is 2.18. The number of hydrogen-bond donors (Lipinski definition) is 1. The number of carbonyl (C=O) groups is 1. The minimum Gasteiger partial charge on any atom is -0.494 e. The molecular weight excluding hydrogens is 274 g/mol. The van der Waals surface area contributed by atoms with Gasteiger partial charge in [-0.3, -0.25) is 4.79 Å². The van der Waals surface area contributed by atoms with Gasteiger partial charge in [0.05, 0.1) is 17.3 Å². The van der Waals surface area contributed by atoms with Crippen molar-refractivity contribution in [3.8, 4) is 5.75 Å². The molecule has 104 valence electrons. The van der Waals surface area contributed by atoms with Crippen LogP contribution in [0.3, 0.4) is 0 Å². The van der Waals surface area contributed by atoms with Crippen molar-refractivity contribution in [2.24, 2.45) is 0 Å². The molecule has 0 aliphatic carbocycles. The van der Waals surface area contributed by atoms with Gasteiger partial charge >= 0.3 is 0 Å². The third kappa shape index (κ3) is 3.31. The minimum atomic E-state index is -0.0876. The summed E-state index contributed by atoms with van der Waals surface area (Å²) in [5.41, 5.74) is 7.23. The van der Waals surface area contributed by atoms with E-state index in [-0.39, 0.29) is 5.78 Å². The molecule has 0 bridgehead atoms. The lowest BCUT2D eigenvalue weighted by molar-refractivity contribution is 0.103. The van der Waals surface area contributed by atoms with E-state index in [0.29, 0.717) is 28.4 Å². The zero-order chi connectivity index (χ0) is 14.5. The molecule has 4 heteroatoms. The number of hydrogen-bond acceptors (Lipinski definition) is 3. The summed E-state index contributed by atoms with van der Waals surface area (Å²) < 4.78 is 5.48. The average Bonchev–Trinajstić information content (AvgIpc) is 2.48. The van der Waals surface area contributed by atoms with Crippen LogP contribution in [-0.2, 0) is 0 Å². The van der Waals surface area contributed by atoms with Gasteiger partial charge in [-0.1, -0.05) is 18.5 Å². The number of nitrogens with two attached hydrogens (primary N) is 1. The summed E-state index contributed by atoms with van der Waals surface area (Å²) in [5, 5.41) is 0.449. The van der Waals surface area contributed by atoms with Crippen LogP contribution in [0.25, 0.3) is 0 Å². The van der Waals surface area contributed by atoms with Crippen LogP contribution in [0.5, 0.6) is 5.75 Å². The lowest BCUT2D eigenvalue weighted by Gasteiger charge is -2.06. The van der Waals surface area contributed by atoms with Gasteiger partial charge < -0.3 is 10.5 Å². The van der Waals surface area contributed by atoms with E-state index in [1.807, 2.05) is 6.92 Å². The molecule has 0 aliphatic rings. The van der Waals surface area contributed by atoms with Crippen LogP contribution in [0.4, 0.5) is 5.69 Å². The van der Waals surface area contributed by atoms with Crippen molar-refractivity contribution in [2.75, 3.05) is 12.3 Å². The maximum absolute atomic E-state index is 12.3. The molecule has 0 radical (unpaired) electrons. The zero-order valence-corrected chi connectivity index (χ0v) is 12.0. The Morgan fingerprint density at radius 3 is 2.40 bits per heavy atom. The summed E-state index contributed by atoms with van der Waals surface area (Å²) in [4.78, 5) is 12.3. The topological polar surface area (TPSA) is 52.3 Å². The normalized spacial score (nSPS) is 10.3. The van der Waals surface area contributed by atoms with E-state index >= 15 is 0 Å². The van der Waals surface area contributed by atoms with E-state index in [2.05, 4.69) is 0 Å². The van der Waals surface area contributed by atoms with Crippen molar-refractivity contribution in [3.63, 3.8) is 0 Å². The van der Waals surface area contributed by atoms with Gasteiger partial charge in [-0.2, -0.15) is 0 Å². The Morgan fingerprint density at radius 2 is 1.80 bits per heavy atom. The molecule has 2 aromatic carbocycles. The number of halogens is 1. The fraction of sp³-hybridized carbons (Fsp3) is 0.188. The van der Waals surface area contributed by atoms with Crippen molar-refractivity contribution in [2.45, 2.75) is 13.3 Å². The highest BCUT2D eigenvalue weighted by Crippen LogP contribution is 2.22. The molecule has 0 saturated heterocycles. The van der Waals surface area contributed by atoms with Crippen LogP contribution in [0.1, 0.15) is 29.3 Å². The number of anilines is 1. The summed E-state index contributed by atoms with van der Waals surface area (Å²) in [6.45, 7) is 2.71. The maximum Gasteiger partial charge on any atom is 0.193 e. The highest BCUT2D eigenvalue weighted by molar-refractivity contribution is 6.33. The number of benzene rings is 2. The molecule has 2 aromatic rings. The molecule has 2 rings (SSSR count). The number of ketones is 1. The third-order valence-corrected chi connectivity index (χ3v) is 3.19. The second kappa shape index (κ2) is 6.44. The predicted molar refractivity (Wildman–Crippen MR) is 81.5 cm³/mol. The van der Waals surface area contributed by atoms with Crippen LogP contribution in [0, 0.1) is 0 Å². The Hall–Kier alpha value is -2.00. The molecule has 0 saturated carbocycles. The molecule has 0 heterocycles. The molecule has 0 fully saturated rings. The fourth-order valence-corrected chi connectivity index (χ4v) is 1.89. The van der Waals surface area contributed by atoms with Crippen molar-refractivity contribution >= 4 is 23.1 Å². The van der Waals surface area contributed by atoms with Gasteiger partial charge in [0.1, 0.15) is 5.75 Å². The predicted octanol–water partition coefficient (Wildman–Crippen LogP) is 3.94. The fourth-order valence-electron chi connectivity index (χ4n) is 1.77. The molecule has 20 heavy (non-hydrogen) atoms. The molecule has 0 unspecified atom stereocenters. The number of nitrogen functional groups attached to an aromatic ring is 1. The summed E-state index contributed by atoms with van der Waals surface area (Å²) >= 11 is 5.85.